The Kier molecular flexibility index (Phi) is 3.49. The summed E-state index contributed by atoms with van der Waals surface area (Å²) < 4.78 is 4.92. The maximum absolute atomic E-state index is 10.8. The van der Waals surface area contributed by atoms with Gasteiger partial charge in [-0.2, -0.15) is 0 Å². The van der Waals surface area contributed by atoms with Gasteiger partial charge in [0.05, 0.1) is 12.0 Å². The smallest absolute Gasteiger partial charge is 0.311 e. The Morgan fingerprint density at radius 1 is 1.50 bits per heavy atom. The number of benzene rings is 1. The summed E-state index contributed by atoms with van der Waals surface area (Å²) in [5.74, 6) is 0.267. The predicted octanol–water partition coefficient (Wildman–Crippen LogP) is 1.88. The highest BCUT2D eigenvalue weighted by atomic mass is 16.6. The Labute approximate surface area is 94.4 Å². The lowest BCUT2D eigenvalue weighted by Crippen LogP contribution is -2.34. The zero-order chi connectivity index (χ0) is 12.3. The molecule has 5 heteroatoms. The van der Waals surface area contributed by atoms with Crippen LogP contribution >= 0.6 is 0 Å². The zero-order valence-corrected chi connectivity index (χ0v) is 9.69. The van der Waals surface area contributed by atoms with Gasteiger partial charge in [0, 0.05) is 11.6 Å². The van der Waals surface area contributed by atoms with Crippen molar-refractivity contribution >= 4 is 5.69 Å². The van der Waals surface area contributed by atoms with Crippen molar-refractivity contribution in [2.75, 3.05) is 7.11 Å². The molecule has 0 aliphatic heterocycles. The fourth-order valence-electron chi connectivity index (χ4n) is 1.51. The molecule has 0 radical (unpaired) electrons. The normalized spacial score (nSPS) is 11.2. The van der Waals surface area contributed by atoms with Gasteiger partial charge in [-0.25, -0.2) is 0 Å². The second kappa shape index (κ2) is 4.49. The summed E-state index contributed by atoms with van der Waals surface area (Å²) in [5.41, 5.74) is 6.29. The summed E-state index contributed by atoms with van der Waals surface area (Å²) >= 11 is 0. The zero-order valence-electron chi connectivity index (χ0n) is 9.69. The molecule has 0 fully saturated rings. The fraction of sp³-hybridized carbons (Fsp3) is 0.455. The molecule has 0 amide bonds. The molecule has 0 spiro atoms. The van der Waals surface area contributed by atoms with Crippen molar-refractivity contribution in [2.45, 2.75) is 25.8 Å². The molecule has 1 aromatic rings. The molecular weight excluding hydrogens is 208 g/mol. The fourth-order valence-corrected chi connectivity index (χ4v) is 1.51. The van der Waals surface area contributed by atoms with Crippen LogP contribution in [0.15, 0.2) is 18.2 Å². The minimum absolute atomic E-state index is 0.0238. The largest absolute Gasteiger partial charge is 0.490 e. The Morgan fingerprint density at radius 2 is 2.12 bits per heavy atom. The molecule has 0 aromatic heterocycles. The summed E-state index contributed by atoms with van der Waals surface area (Å²) in [4.78, 5) is 10.3. The monoisotopic (exact) mass is 224 g/mol. The maximum Gasteiger partial charge on any atom is 0.311 e. The molecule has 0 unspecified atom stereocenters. The summed E-state index contributed by atoms with van der Waals surface area (Å²) in [6.07, 6.45) is 0.581. The van der Waals surface area contributed by atoms with Crippen LogP contribution in [0.3, 0.4) is 0 Å². The van der Waals surface area contributed by atoms with Crippen molar-refractivity contribution in [1.82, 2.24) is 0 Å². The third-order valence-corrected chi connectivity index (χ3v) is 2.10. The molecule has 0 saturated carbocycles. The van der Waals surface area contributed by atoms with E-state index in [1.54, 1.807) is 12.1 Å². The van der Waals surface area contributed by atoms with Gasteiger partial charge in [-0.1, -0.05) is 6.07 Å². The van der Waals surface area contributed by atoms with Crippen LogP contribution in [0, 0.1) is 10.1 Å². The van der Waals surface area contributed by atoms with Crippen LogP contribution in [0.2, 0.25) is 0 Å². The van der Waals surface area contributed by atoms with Gasteiger partial charge in [0.2, 0.25) is 0 Å². The van der Waals surface area contributed by atoms with Crippen LogP contribution in [0.1, 0.15) is 19.4 Å². The molecule has 16 heavy (non-hydrogen) atoms. The maximum atomic E-state index is 10.8. The van der Waals surface area contributed by atoms with Crippen LogP contribution in [-0.2, 0) is 6.42 Å². The summed E-state index contributed by atoms with van der Waals surface area (Å²) in [7, 11) is 1.41. The average molecular weight is 224 g/mol. The quantitative estimate of drug-likeness (QED) is 0.625. The molecule has 88 valence electrons. The van der Waals surface area contributed by atoms with Crippen LogP contribution < -0.4 is 10.5 Å². The van der Waals surface area contributed by atoms with E-state index in [0.29, 0.717) is 6.42 Å². The van der Waals surface area contributed by atoms with Gasteiger partial charge in [-0.15, -0.1) is 0 Å². The van der Waals surface area contributed by atoms with E-state index in [4.69, 9.17) is 10.5 Å². The van der Waals surface area contributed by atoms with Gasteiger partial charge in [-0.05, 0) is 31.9 Å². The van der Waals surface area contributed by atoms with Crippen molar-refractivity contribution < 1.29 is 9.66 Å². The third kappa shape index (κ3) is 3.20. The summed E-state index contributed by atoms with van der Waals surface area (Å²) in [6, 6.07) is 4.90. The second-order valence-corrected chi connectivity index (χ2v) is 4.43. The van der Waals surface area contributed by atoms with Gasteiger partial charge in [0.1, 0.15) is 0 Å². The molecule has 2 N–H and O–H groups in total. The molecule has 0 heterocycles. The van der Waals surface area contributed by atoms with Gasteiger partial charge in [0.15, 0.2) is 5.75 Å². The Balaban J connectivity index is 3.07. The molecule has 0 aliphatic rings. The number of methoxy groups -OCH3 is 1. The van der Waals surface area contributed by atoms with E-state index in [0.717, 1.165) is 5.56 Å². The highest BCUT2D eigenvalue weighted by molar-refractivity contribution is 5.48. The minimum atomic E-state index is -0.453. The third-order valence-electron chi connectivity index (χ3n) is 2.10. The van der Waals surface area contributed by atoms with E-state index < -0.39 is 4.92 Å². The molecule has 1 aromatic carbocycles. The first kappa shape index (κ1) is 12.4. The number of nitro benzene ring substituents is 1. The number of rotatable bonds is 4. The van der Waals surface area contributed by atoms with Crippen LogP contribution in [0.5, 0.6) is 5.75 Å². The van der Waals surface area contributed by atoms with Crippen molar-refractivity contribution in [3.63, 3.8) is 0 Å². The van der Waals surface area contributed by atoms with Crippen molar-refractivity contribution in [3.05, 3.63) is 33.9 Å². The first-order valence-electron chi connectivity index (χ1n) is 4.93. The van der Waals surface area contributed by atoms with Gasteiger partial charge < -0.3 is 10.5 Å². The van der Waals surface area contributed by atoms with E-state index in [-0.39, 0.29) is 17.0 Å². The van der Waals surface area contributed by atoms with Crippen LogP contribution in [0.25, 0.3) is 0 Å². The molecule has 5 nitrogen and oxygen atoms in total. The lowest BCUT2D eigenvalue weighted by Gasteiger charge is -2.18. The van der Waals surface area contributed by atoms with E-state index in [9.17, 15) is 10.1 Å². The van der Waals surface area contributed by atoms with Crippen molar-refractivity contribution in [3.8, 4) is 5.75 Å². The van der Waals surface area contributed by atoms with Crippen LogP contribution in [-0.4, -0.2) is 17.6 Å². The molecule has 1 rings (SSSR count). The Bertz CT molecular complexity index is 397. The van der Waals surface area contributed by atoms with Crippen LogP contribution in [0.4, 0.5) is 5.69 Å². The van der Waals surface area contributed by atoms with Crippen molar-refractivity contribution in [2.24, 2.45) is 5.73 Å². The van der Waals surface area contributed by atoms with E-state index in [2.05, 4.69) is 0 Å². The predicted molar refractivity (Wildman–Crippen MR) is 61.6 cm³/mol. The lowest BCUT2D eigenvalue weighted by molar-refractivity contribution is -0.385. The minimum Gasteiger partial charge on any atom is -0.490 e. The van der Waals surface area contributed by atoms with E-state index in [1.165, 1.54) is 13.2 Å². The highest BCUT2D eigenvalue weighted by Gasteiger charge is 2.18. The van der Waals surface area contributed by atoms with Gasteiger partial charge in [0.25, 0.3) is 0 Å². The Morgan fingerprint density at radius 3 is 2.56 bits per heavy atom. The number of ether oxygens (including phenoxy) is 1. The first-order valence-corrected chi connectivity index (χ1v) is 4.93. The Hall–Kier alpha value is -1.62. The molecule has 0 aliphatic carbocycles. The SMILES string of the molecule is COc1ccc(CC(C)(C)N)cc1[N+](=O)[O-]. The average Bonchev–Trinajstić information content (AvgIpc) is 2.15. The summed E-state index contributed by atoms with van der Waals surface area (Å²) in [5, 5.41) is 10.8. The molecule has 0 atom stereocenters. The lowest BCUT2D eigenvalue weighted by atomic mass is 9.96. The second-order valence-electron chi connectivity index (χ2n) is 4.43. The van der Waals surface area contributed by atoms with Gasteiger partial charge >= 0.3 is 5.69 Å². The van der Waals surface area contributed by atoms with Crippen molar-refractivity contribution in [1.29, 1.82) is 0 Å². The summed E-state index contributed by atoms with van der Waals surface area (Å²) in [6.45, 7) is 3.76. The number of nitrogens with zero attached hydrogens (tertiary/aromatic N) is 1. The number of hydrogen-bond donors (Lipinski definition) is 1. The number of nitro groups is 1. The number of nitrogens with two attached hydrogens (primary N) is 1. The molecule has 0 saturated heterocycles. The molecular formula is C11H16N2O3. The van der Waals surface area contributed by atoms with Gasteiger partial charge in [-0.3, -0.25) is 10.1 Å². The number of hydrogen-bond acceptors (Lipinski definition) is 4. The van der Waals surface area contributed by atoms with E-state index in [1.807, 2.05) is 13.8 Å². The first-order chi connectivity index (χ1) is 7.33. The van der Waals surface area contributed by atoms with E-state index >= 15 is 0 Å². The molecule has 0 bridgehead atoms. The highest BCUT2D eigenvalue weighted by Crippen LogP contribution is 2.28. The standard InChI is InChI=1S/C11H16N2O3/c1-11(2,12)7-8-4-5-10(16-3)9(6-8)13(14)15/h4-6H,7,12H2,1-3H3. The topological polar surface area (TPSA) is 78.4 Å².